The maximum atomic E-state index is 12.2. The second-order valence-corrected chi connectivity index (χ2v) is 6.49. The van der Waals surface area contributed by atoms with Crippen LogP contribution in [-0.2, 0) is 19.1 Å². The third-order valence-corrected chi connectivity index (χ3v) is 4.62. The summed E-state index contributed by atoms with van der Waals surface area (Å²) in [7, 11) is 0. The van der Waals surface area contributed by atoms with Crippen LogP contribution in [0.15, 0.2) is 0 Å². The van der Waals surface area contributed by atoms with Crippen molar-refractivity contribution in [2.75, 3.05) is 52.6 Å². The first-order valence-electron chi connectivity index (χ1n) is 9.15. The SMILES string of the molecule is CCOCCOCC(=O)N1CCCC(CNC(=O)C2CCCN2)C1.Cl. The zero-order chi connectivity index (χ0) is 17.2. The molecule has 2 fully saturated rings. The van der Waals surface area contributed by atoms with E-state index in [2.05, 4.69) is 10.6 Å². The fourth-order valence-electron chi connectivity index (χ4n) is 3.25. The van der Waals surface area contributed by atoms with Gasteiger partial charge in [0.2, 0.25) is 11.8 Å². The van der Waals surface area contributed by atoms with E-state index in [-0.39, 0.29) is 36.9 Å². The fourth-order valence-corrected chi connectivity index (χ4v) is 3.25. The van der Waals surface area contributed by atoms with Gasteiger partial charge >= 0.3 is 0 Å². The summed E-state index contributed by atoms with van der Waals surface area (Å²) < 4.78 is 10.5. The largest absolute Gasteiger partial charge is 0.379 e. The van der Waals surface area contributed by atoms with Crippen LogP contribution in [0.1, 0.15) is 32.6 Å². The number of likely N-dealkylation sites (tertiary alicyclic amines) is 1. The van der Waals surface area contributed by atoms with Gasteiger partial charge in [-0.1, -0.05) is 0 Å². The van der Waals surface area contributed by atoms with E-state index in [1.807, 2.05) is 11.8 Å². The lowest BCUT2D eigenvalue weighted by Crippen LogP contribution is -2.47. The minimum Gasteiger partial charge on any atom is -0.379 e. The second-order valence-electron chi connectivity index (χ2n) is 6.49. The Hall–Kier alpha value is -0.890. The molecule has 0 aromatic heterocycles. The summed E-state index contributed by atoms with van der Waals surface area (Å²) in [6.07, 6.45) is 4.01. The van der Waals surface area contributed by atoms with Crippen molar-refractivity contribution in [2.45, 2.75) is 38.6 Å². The summed E-state index contributed by atoms with van der Waals surface area (Å²) in [4.78, 5) is 26.1. The van der Waals surface area contributed by atoms with Crippen molar-refractivity contribution in [2.24, 2.45) is 5.92 Å². The fraction of sp³-hybridized carbons (Fsp3) is 0.882. The maximum Gasteiger partial charge on any atom is 0.248 e. The number of piperidine rings is 1. The topological polar surface area (TPSA) is 79.9 Å². The van der Waals surface area contributed by atoms with Crippen LogP contribution in [0.3, 0.4) is 0 Å². The number of ether oxygens (including phenoxy) is 2. The highest BCUT2D eigenvalue weighted by Crippen LogP contribution is 2.16. The standard InChI is InChI=1S/C17H31N3O4.ClH/c1-2-23-9-10-24-13-16(21)20-8-4-5-14(12-20)11-19-17(22)15-6-3-7-18-15;/h14-15,18H,2-13H2,1H3,(H,19,22);1H. The van der Waals surface area contributed by atoms with Crippen LogP contribution in [-0.4, -0.2) is 75.4 Å². The molecule has 2 aliphatic heterocycles. The van der Waals surface area contributed by atoms with E-state index in [4.69, 9.17) is 9.47 Å². The van der Waals surface area contributed by atoms with Gasteiger partial charge in [-0.05, 0) is 45.1 Å². The third kappa shape index (κ3) is 7.90. The Labute approximate surface area is 156 Å². The van der Waals surface area contributed by atoms with Gasteiger partial charge in [0, 0.05) is 26.2 Å². The summed E-state index contributed by atoms with van der Waals surface area (Å²) in [6.45, 7) is 6.72. The first-order chi connectivity index (χ1) is 11.7. The molecule has 0 spiro atoms. The van der Waals surface area contributed by atoms with Crippen molar-refractivity contribution < 1.29 is 19.1 Å². The van der Waals surface area contributed by atoms with E-state index in [0.717, 1.165) is 38.8 Å². The Morgan fingerprint density at radius 2 is 2.00 bits per heavy atom. The van der Waals surface area contributed by atoms with E-state index in [9.17, 15) is 9.59 Å². The zero-order valence-electron chi connectivity index (χ0n) is 15.1. The molecule has 0 aliphatic carbocycles. The number of amides is 2. The molecule has 2 N–H and O–H groups in total. The molecule has 2 heterocycles. The molecule has 25 heavy (non-hydrogen) atoms. The van der Waals surface area contributed by atoms with Gasteiger partial charge < -0.3 is 25.0 Å². The predicted octanol–water partition coefficient (Wildman–Crippen LogP) is 0.568. The minimum absolute atomic E-state index is 0. The molecule has 2 atom stereocenters. The highest BCUT2D eigenvalue weighted by molar-refractivity contribution is 5.85. The van der Waals surface area contributed by atoms with Gasteiger partial charge in [0.25, 0.3) is 0 Å². The molecular weight excluding hydrogens is 346 g/mol. The molecule has 146 valence electrons. The van der Waals surface area contributed by atoms with Gasteiger partial charge in [0.05, 0.1) is 19.3 Å². The zero-order valence-corrected chi connectivity index (χ0v) is 15.9. The first kappa shape index (κ1) is 22.2. The van der Waals surface area contributed by atoms with E-state index in [1.54, 1.807) is 0 Å². The van der Waals surface area contributed by atoms with E-state index < -0.39 is 0 Å². The average Bonchev–Trinajstić information content (AvgIpc) is 3.14. The van der Waals surface area contributed by atoms with Gasteiger partial charge in [-0.15, -0.1) is 12.4 Å². The highest BCUT2D eigenvalue weighted by Gasteiger charge is 2.26. The predicted molar refractivity (Wildman–Crippen MR) is 97.9 cm³/mol. The third-order valence-electron chi connectivity index (χ3n) is 4.62. The number of nitrogens with one attached hydrogen (secondary N) is 2. The Morgan fingerprint density at radius 3 is 2.72 bits per heavy atom. The number of hydrogen-bond donors (Lipinski definition) is 2. The van der Waals surface area contributed by atoms with Crippen LogP contribution in [0, 0.1) is 5.92 Å². The van der Waals surface area contributed by atoms with Gasteiger partial charge in [0.15, 0.2) is 0 Å². The number of carbonyl (C=O) groups excluding carboxylic acids is 2. The molecule has 2 aliphatic rings. The minimum atomic E-state index is -0.0370. The summed E-state index contributed by atoms with van der Waals surface area (Å²) in [5.74, 6) is 0.451. The molecule has 0 saturated carbocycles. The van der Waals surface area contributed by atoms with Crippen molar-refractivity contribution in [1.82, 2.24) is 15.5 Å². The molecular formula is C17H32ClN3O4. The molecule has 0 bridgehead atoms. The van der Waals surface area contributed by atoms with Gasteiger partial charge in [-0.25, -0.2) is 0 Å². The van der Waals surface area contributed by atoms with Crippen molar-refractivity contribution in [3.05, 3.63) is 0 Å². The molecule has 7 nitrogen and oxygen atoms in total. The first-order valence-corrected chi connectivity index (χ1v) is 9.15. The Kier molecular flexibility index (Phi) is 11.0. The van der Waals surface area contributed by atoms with Crippen LogP contribution in [0.5, 0.6) is 0 Å². The molecule has 0 aromatic rings. The lowest BCUT2D eigenvalue weighted by Gasteiger charge is -2.33. The van der Waals surface area contributed by atoms with Crippen LogP contribution in [0.25, 0.3) is 0 Å². The van der Waals surface area contributed by atoms with Crippen LogP contribution >= 0.6 is 12.4 Å². The molecule has 2 unspecified atom stereocenters. The molecule has 0 aromatic carbocycles. The Bertz CT molecular complexity index is 405. The van der Waals surface area contributed by atoms with E-state index >= 15 is 0 Å². The van der Waals surface area contributed by atoms with Crippen molar-refractivity contribution in [3.8, 4) is 0 Å². The maximum absolute atomic E-state index is 12.2. The smallest absolute Gasteiger partial charge is 0.248 e. The Morgan fingerprint density at radius 1 is 1.20 bits per heavy atom. The monoisotopic (exact) mass is 377 g/mol. The van der Waals surface area contributed by atoms with Gasteiger partial charge in [-0.2, -0.15) is 0 Å². The normalized spacial score (nSPS) is 23.2. The number of hydrogen-bond acceptors (Lipinski definition) is 5. The average molecular weight is 378 g/mol. The quantitative estimate of drug-likeness (QED) is 0.574. The van der Waals surface area contributed by atoms with E-state index in [1.165, 1.54) is 0 Å². The number of halogens is 1. The van der Waals surface area contributed by atoms with Crippen molar-refractivity contribution in [3.63, 3.8) is 0 Å². The summed E-state index contributed by atoms with van der Waals surface area (Å²) >= 11 is 0. The summed E-state index contributed by atoms with van der Waals surface area (Å²) in [5, 5.41) is 6.24. The molecule has 2 saturated heterocycles. The van der Waals surface area contributed by atoms with Crippen LogP contribution in [0.2, 0.25) is 0 Å². The summed E-state index contributed by atoms with van der Waals surface area (Å²) in [6, 6.07) is -0.0370. The van der Waals surface area contributed by atoms with Gasteiger partial charge in [-0.3, -0.25) is 9.59 Å². The van der Waals surface area contributed by atoms with Crippen molar-refractivity contribution in [1.29, 1.82) is 0 Å². The van der Waals surface area contributed by atoms with Gasteiger partial charge in [0.1, 0.15) is 6.61 Å². The lowest BCUT2D eigenvalue weighted by atomic mass is 9.97. The highest BCUT2D eigenvalue weighted by atomic mass is 35.5. The van der Waals surface area contributed by atoms with E-state index in [0.29, 0.717) is 38.8 Å². The lowest BCUT2D eigenvalue weighted by molar-refractivity contribution is -0.138. The molecule has 2 rings (SSSR count). The summed E-state index contributed by atoms with van der Waals surface area (Å²) in [5.41, 5.74) is 0. The second kappa shape index (κ2) is 12.5. The molecule has 2 amide bonds. The number of rotatable bonds is 9. The molecule has 0 radical (unpaired) electrons. The Balaban J connectivity index is 0.00000312. The van der Waals surface area contributed by atoms with Crippen molar-refractivity contribution >= 4 is 24.2 Å². The van der Waals surface area contributed by atoms with Crippen LogP contribution in [0.4, 0.5) is 0 Å². The van der Waals surface area contributed by atoms with Crippen LogP contribution < -0.4 is 10.6 Å². The number of carbonyl (C=O) groups is 2. The number of nitrogens with zero attached hydrogens (tertiary/aromatic N) is 1. The molecule has 8 heteroatoms.